The lowest BCUT2D eigenvalue weighted by atomic mass is 10.2. The molecule has 0 saturated heterocycles. The zero-order valence-corrected chi connectivity index (χ0v) is 19.3. The number of amides is 2. The lowest BCUT2D eigenvalue weighted by Gasteiger charge is -2.22. The average Bonchev–Trinajstić information content (AvgIpc) is 3.61. The van der Waals surface area contributed by atoms with Gasteiger partial charge in [-0.2, -0.15) is 5.26 Å². The third-order valence-electron chi connectivity index (χ3n) is 5.54. The second-order valence-corrected chi connectivity index (χ2v) is 8.72. The van der Waals surface area contributed by atoms with E-state index in [4.69, 9.17) is 9.68 Å². The van der Waals surface area contributed by atoms with Gasteiger partial charge >= 0.3 is 6.03 Å². The highest BCUT2D eigenvalue weighted by molar-refractivity contribution is 7.15. The average molecular weight is 486 g/mol. The Morgan fingerprint density at radius 3 is 2.69 bits per heavy atom. The highest BCUT2D eigenvalue weighted by atomic mass is 32.1. The normalized spacial score (nSPS) is 10.9. The summed E-state index contributed by atoms with van der Waals surface area (Å²) in [6.07, 6.45) is 4.11. The van der Waals surface area contributed by atoms with Crippen LogP contribution < -0.4 is 5.32 Å². The molecule has 2 aromatic carbocycles. The van der Waals surface area contributed by atoms with Crippen molar-refractivity contribution in [1.29, 1.82) is 5.26 Å². The van der Waals surface area contributed by atoms with Crippen molar-refractivity contribution in [3.63, 3.8) is 0 Å². The number of fused-ring (bicyclic) bond motifs is 1. The van der Waals surface area contributed by atoms with E-state index in [1.54, 1.807) is 53.6 Å². The van der Waals surface area contributed by atoms with Gasteiger partial charge in [-0.15, -0.1) is 11.3 Å². The number of benzene rings is 2. The predicted octanol–water partition coefficient (Wildman–Crippen LogP) is 5.94. The van der Waals surface area contributed by atoms with Crippen molar-refractivity contribution in [1.82, 2.24) is 14.3 Å². The van der Waals surface area contributed by atoms with Crippen LogP contribution in [-0.2, 0) is 13.0 Å². The van der Waals surface area contributed by atoms with Gasteiger partial charge in [0.25, 0.3) is 0 Å². The molecule has 3 aromatic heterocycles. The maximum Gasteiger partial charge on any atom is 0.322 e. The summed E-state index contributed by atoms with van der Waals surface area (Å²) in [6.45, 7) is 0.756. The Hall–Kier alpha value is -4.42. The van der Waals surface area contributed by atoms with Crippen LogP contribution in [0.15, 0.2) is 82.9 Å². The van der Waals surface area contributed by atoms with Crippen LogP contribution in [0.5, 0.6) is 0 Å². The largest absolute Gasteiger partial charge is 0.467 e. The molecule has 35 heavy (non-hydrogen) atoms. The fraction of sp³-hybridized carbons (Fsp3) is 0.115. The van der Waals surface area contributed by atoms with Crippen molar-refractivity contribution in [2.24, 2.45) is 0 Å². The van der Waals surface area contributed by atoms with Gasteiger partial charge < -0.3 is 14.6 Å². The topological polar surface area (TPSA) is 86.6 Å². The summed E-state index contributed by atoms with van der Waals surface area (Å²) in [5.74, 6) is 0.392. The van der Waals surface area contributed by atoms with Crippen molar-refractivity contribution < 1.29 is 13.6 Å². The summed E-state index contributed by atoms with van der Waals surface area (Å²) in [5.41, 5.74) is 3.76. The molecule has 3 heterocycles. The summed E-state index contributed by atoms with van der Waals surface area (Å²) < 4.78 is 20.8. The molecule has 174 valence electrons. The number of nitriles is 1. The first-order valence-corrected chi connectivity index (χ1v) is 11.8. The molecule has 0 fully saturated rings. The number of anilines is 1. The fourth-order valence-corrected chi connectivity index (χ4v) is 4.60. The molecule has 0 atom stereocenters. The zero-order valence-electron chi connectivity index (χ0n) is 18.5. The second kappa shape index (κ2) is 9.83. The summed E-state index contributed by atoms with van der Waals surface area (Å²) in [4.78, 5) is 20.3. The number of carbonyl (C=O) groups excluding carboxylic acids is 1. The van der Waals surface area contributed by atoms with E-state index in [2.05, 4.69) is 16.4 Å². The maximum atomic E-state index is 13.3. The molecule has 0 bridgehead atoms. The Morgan fingerprint density at radius 2 is 1.97 bits per heavy atom. The smallest absolute Gasteiger partial charge is 0.322 e. The van der Waals surface area contributed by atoms with Crippen molar-refractivity contribution >= 4 is 28.0 Å². The van der Waals surface area contributed by atoms with Crippen LogP contribution in [0.25, 0.3) is 16.2 Å². The summed E-state index contributed by atoms with van der Waals surface area (Å²) in [6, 6.07) is 18.4. The van der Waals surface area contributed by atoms with Gasteiger partial charge in [0.05, 0.1) is 30.1 Å². The number of halogens is 1. The molecule has 0 saturated carbocycles. The molecule has 5 aromatic rings. The molecular weight excluding hydrogens is 465 g/mol. The quantitative estimate of drug-likeness (QED) is 0.309. The Balaban J connectivity index is 1.33. The number of hydrogen-bond acceptors (Lipinski definition) is 5. The van der Waals surface area contributed by atoms with Crippen LogP contribution in [0.2, 0.25) is 0 Å². The maximum absolute atomic E-state index is 13.3. The number of rotatable bonds is 7. The van der Waals surface area contributed by atoms with Gasteiger partial charge in [-0.3, -0.25) is 4.40 Å². The van der Waals surface area contributed by atoms with Gasteiger partial charge in [0.1, 0.15) is 11.6 Å². The standard InChI is InChI=1S/C26H20FN5O2S/c27-20-7-5-19(6-8-20)24-16-32-22(17-35-26(32)30-24)11-12-31(15-23-2-1-13-34-23)25(33)29-21-9-3-18(14-28)4-10-21/h1-10,13,16-17H,11-12,15H2,(H,29,33). The molecule has 5 rings (SSSR count). The Labute approximate surface area is 204 Å². The van der Waals surface area contributed by atoms with Crippen LogP contribution in [0.4, 0.5) is 14.9 Å². The number of urea groups is 1. The monoisotopic (exact) mass is 485 g/mol. The van der Waals surface area contributed by atoms with Gasteiger partial charge in [-0.25, -0.2) is 14.2 Å². The number of carbonyl (C=O) groups is 1. The number of hydrogen-bond donors (Lipinski definition) is 1. The molecule has 7 nitrogen and oxygen atoms in total. The van der Waals surface area contributed by atoms with Crippen LogP contribution in [-0.4, -0.2) is 26.9 Å². The van der Waals surface area contributed by atoms with E-state index in [1.165, 1.54) is 23.5 Å². The first-order valence-electron chi connectivity index (χ1n) is 10.9. The number of furan rings is 1. The van der Waals surface area contributed by atoms with E-state index in [9.17, 15) is 9.18 Å². The van der Waals surface area contributed by atoms with Crippen molar-refractivity contribution in [3.8, 4) is 17.3 Å². The molecule has 9 heteroatoms. The number of imidazole rings is 1. The molecule has 0 spiro atoms. The number of nitrogens with one attached hydrogen (secondary N) is 1. The Morgan fingerprint density at radius 1 is 1.17 bits per heavy atom. The van der Waals surface area contributed by atoms with Gasteiger partial charge in [0.15, 0.2) is 4.96 Å². The minimum Gasteiger partial charge on any atom is -0.467 e. The van der Waals surface area contributed by atoms with Crippen LogP contribution in [0.3, 0.4) is 0 Å². The van der Waals surface area contributed by atoms with E-state index in [-0.39, 0.29) is 11.8 Å². The van der Waals surface area contributed by atoms with Gasteiger partial charge in [0.2, 0.25) is 0 Å². The third-order valence-corrected chi connectivity index (χ3v) is 6.43. The van der Waals surface area contributed by atoms with Crippen molar-refractivity contribution in [3.05, 3.63) is 101 Å². The molecular formula is C26H20FN5O2S. The summed E-state index contributed by atoms with van der Waals surface area (Å²) in [5, 5.41) is 13.9. The van der Waals surface area contributed by atoms with Crippen LogP contribution in [0.1, 0.15) is 17.0 Å². The Bertz CT molecular complexity index is 1480. The molecule has 0 radical (unpaired) electrons. The zero-order chi connectivity index (χ0) is 24.2. The van der Waals surface area contributed by atoms with E-state index in [0.717, 1.165) is 21.9 Å². The van der Waals surface area contributed by atoms with Crippen molar-refractivity contribution in [2.75, 3.05) is 11.9 Å². The first-order chi connectivity index (χ1) is 17.1. The van der Waals surface area contributed by atoms with Gasteiger partial charge in [0, 0.05) is 41.5 Å². The van der Waals surface area contributed by atoms with Crippen LogP contribution in [0, 0.1) is 17.1 Å². The van der Waals surface area contributed by atoms with Crippen molar-refractivity contribution in [2.45, 2.75) is 13.0 Å². The molecule has 0 aliphatic heterocycles. The SMILES string of the molecule is N#Cc1ccc(NC(=O)N(CCc2csc3nc(-c4ccc(F)cc4)cn23)Cc2ccco2)cc1. The summed E-state index contributed by atoms with van der Waals surface area (Å²) >= 11 is 1.52. The van der Waals surface area contributed by atoms with Gasteiger partial charge in [-0.1, -0.05) is 0 Å². The van der Waals surface area contributed by atoms with E-state index in [0.29, 0.717) is 36.5 Å². The molecule has 1 N–H and O–H groups in total. The predicted molar refractivity (Wildman–Crippen MR) is 131 cm³/mol. The van der Waals surface area contributed by atoms with E-state index < -0.39 is 0 Å². The van der Waals surface area contributed by atoms with E-state index in [1.807, 2.05) is 22.0 Å². The Kier molecular flexibility index (Phi) is 6.28. The third kappa shape index (κ3) is 5.08. The number of nitrogens with zero attached hydrogens (tertiary/aromatic N) is 4. The molecule has 2 amide bonds. The van der Waals surface area contributed by atoms with E-state index >= 15 is 0 Å². The first kappa shape index (κ1) is 22.4. The lowest BCUT2D eigenvalue weighted by molar-refractivity contribution is 0.204. The fourth-order valence-electron chi connectivity index (χ4n) is 3.69. The minimum absolute atomic E-state index is 0.268. The number of thiazole rings is 1. The minimum atomic E-state index is -0.286. The lowest BCUT2D eigenvalue weighted by Crippen LogP contribution is -2.36. The molecule has 0 aliphatic rings. The van der Waals surface area contributed by atoms with Gasteiger partial charge in [-0.05, 0) is 60.7 Å². The number of aromatic nitrogens is 2. The highest BCUT2D eigenvalue weighted by Crippen LogP contribution is 2.24. The second-order valence-electron chi connectivity index (χ2n) is 7.88. The highest BCUT2D eigenvalue weighted by Gasteiger charge is 2.18. The molecule has 0 aliphatic carbocycles. The summed E-state index contributed by atoms with van der Waals surface area (Å²) in [7, 11) is 0. The van der Waals surface area contributed by atoms with Crippen LogP contribution >= 0.6 is 11.3 Å². The molecule has 0 unspecified atom stereocenters.